The Morgan fingerprint density at radius 2 is 2.00 bits per heavy atom. The molecular weight excluding hydrogens is 226 g/mol. The Kier molecular flexibility index (Phi) is 5.17. The minimum absolute atomic E-state index is 0.196. The fourth-order valence-electron chi connectivity index (χ4n) is 2.99. The molecule has 1 fully saturated rings. The lowest BCUT2D eigenvalue weighted by molar-refractivity contribution is -0.127. The fraction of sp³-hybridized carbons (Fsp3) is 0.929. The van der Waals surface area contributed by atoms with Crippen LogP contribution in [0.2, 0.25) is 0 Å². The smallest absolute Gasteiger partial charge is 0.237 e. The van der Waals surface area contributed by atoms with Gasteiger partial charge in [0.15, 0.2) is 0 Å². The summed E-state index contributed by atoms with van der Waals surface area (Å²) in [5.41, 5.74) is 5.16. The van der Waals surface area contributed by atoms with Crippen molar-refractivity contribution in [1.29, 1.82) is 0 Å². The molecule has 4 nitrogen and oxygen atoms in total. The summed E-state index contributed by atoms with van der Waals surface area (Å²) in [5, 5.41) is 3.42. The highest BCUT2D eigenvalue weighted by Crippen LogP contribution is 2.32. The Labute approximate surface area is 111 Å². The van der Waals surface area contributed by atoms with Crippen LogP contribution < -0.4 is 11.1 Å². The molecule has 0 bridgehead atoms. The van der Waals surface area contributed by atoms with Crippen LogP contribution in [0.4, 0.5) is 0 Å². The SMILES string of the molecule is CC(C)NC1(C(N)=O)CCCC(N(C)C(C)C)C1. The molecule has 0 aromatic heterocycles. The van der Waals surface area contributed by atoms with Gasteiger partial charge >= 0.3 is 0 Å². The third-order valence-electron chi connectivity index (χ3n) is 4.15. The first-order valence-corrected chi connectivity index (χ1v) is 7.08. The first kappa shape index (κ1) is 15.4. The van der Waals surface area contributed by atoms with Gasteiger partial charge in [0.25, 0.3) is 0 Å². The number of nitrogens with two attached hydrogens (primary N) is 1. The minimum atomic E-state index is -0.514. The van der Waals surface area contributed by atoms with Gasteiger partial charge in [-0.3, -0.25) is 4.79 Å². The lowest BCUT2D eigenvalue weighted by Crippen LogP contribution is -2.62. The molecule has 0 heterocycles. The fourth-order valence-corrected chi connectivity index (χ4v) is 2.99. The second-order valence-corrected chi connectivity index (χ2v) is 6.25. The number of hydrogen-bond donors (Lipinski definition) is 2. The molecule has 1 rings (SSSR count). The summed E-state index contributed by atoms with van der Waals surface area (Å²) in [6.07, 6.45) is 3.91. The van der Waals surface area contributed by atoms with Crippen molar-refractivity contribution < 1.29 is 4.79 Å². The van der Waals surface area contributed by atoms with Gasteiger partial charge in [-0.05, 0) is 60.4 Å². The molecule has 2 atom stereocenters. The number of amides is 1. The molecule has 2 unspecified atom stereocenters. The number of hydrogen-bond acceptors (Lipinski definition) is 3. The van der Waals surface area contributed by atoms with E-state index in [0.717, 1.165) is 25.7 Å². The maximum absolute atomic E-state index is 11.9. The topological polar surface area (TPSA) is 58.4 Å². The van der Waals surface area contributed by atoms with Crippen molar-refractivity contribution in [2.75, 3.05) is 7.05 Å². The zero-order chi connectivity index (χ0) is 13.9. The van der Waals surface area contributed by atoms with E-state index in [0.29, 0.717) is 12.1 Å². The third kappa shape index (κ3) is 3.45. The van der Waals surface area contributed by atoms with Crippen LogP contribution in [0.15, 0.2) is 0 Å². The van der Waals surface area contributed by atoms with Crippen LogP contribution in [0.25, 0.3) is 0 Å². The molecule has 1 saturated carbocycles. The molecule has 0 aliphatic heterocycles. The second kappa shape index (κ2) is 6.02. The normalized spacial score (nSPS) is 29.2. The largest absolute Gasteiger partial charge is 0.368 e. The molecule has 0 aromatic rings. The van der Waals surface area contributed by atoms with E-state index in [1.54, 1.807) is 0 Å². The van der Waals surface area contributed by atoms with E-state index in [9.17, 15) is 4.79 Å². The van der Waals surface area contributed by atoms with E-state index < -0.39 is 5.54 Å². The van der Waals surface area contributed by atoms with Crippen LogP contribution in [0.1, 0.15) is 53.4 Å². The van der Waals surface area contributed by atoms with Crippen molar-refractivity contribution in [3.05, 3.63) is 0 Å². The van der Waals surface area contributed by atoms with E-state index in [-0.39, 0.29) is 11.9 Å². The summed E-state index contributed by atoms with van der Waals surface area (Å²) in [6.45, 7) is 8.52. The van der Waals surface area contributed by atoms with Gasteiger partial charge in [0, 0.05) is 18.1 Å². The summed E-state index contributed by atoms with van der Waals surface area (Å²) in [4.78, 5) is 14.3. The van der Waals surface area contributed by atoms with Crippen LogP contribution in [0.5, 0.6) is 0 Å². The molecular formula is C14H29N3O. The third-order valence-corrected chi connectivity index (χ3v) is 4.15. The predicted molar refractivity (Wildman–Crippen MR) is 75.4 cm³/mol. The Bertz CT molecular complexity index is 291. The van der Waals surface area contributed by atoms with Gasteiger partial charge in [-0.25, -0.2) is 0 Å². The van der Waals surface area contributed by atoms with Gasteiger partial charge < -0.3 is 16.0 Å². The van der Waals surface area contributed by atoms with Crippen LogP contribution in [-0.4, -0.2) is 41.5 Å². The second-order valence-electron chi connectivity index (χ2n) is 6.25. The highest BCUT2D eigenvalue weighted by molar-refractivity contribution is 5.85. The summed E-state index contributed by atoms with van der Waals surface area (Å²) < 4.78 is 0. The predicted octanol–water partition coefficient (Wildman–Crippen LogP) is 1.49. The monoisotopic (exact) mass is 255 g/mol. The molecule has 4 heteroatoms. The standard InChI is InChI=1S/C14H29N3O/c1-10(2)16-14(13(15)18)8-6-7-12(9-14)17(5)11(3)4/h10-12,16H,6-9H2,1-5H3,(H2,15,18). The van der Waals surface area contributed by atoms with Gasteiger partial charge in [0.2, 0.25) is 5.91 Å². The number of carbonyl (C=O) groups excluding carboxylic acids is 1. The molecule has 1 amide bonds. The molecule has 3 N–H and O–H groups in total. The van der Waals surface area contributed by atoms with Gasteiger partial charge in [-0.1, -0.05) is 0 Å². The molecule has 0 radical (unpaired) electrons. The van der Waals surface area contributed by atoms with Crippen LogP contribution >= 0.6 is 0 Å². The van der Waals surface area contributed by atoms with Crippen LogP contribution in [0, 0.1) is 0 Å². The molecule has 1 aliphatic carbocycles. The number of nitrogens with zero attached hydrogens (tertiary/aromatic N) is 1. The van der Waals surface area contributed by atoms with E-state index in [1.807, 2.05) is 0 Å². The molecule has 106 valence electrons. The zero-order valence-electron chi connectivity index (χ0n) is 12.5. The molecule has 0 spiro atoms. The first-order valence-electron chi connectivity index (χ1n) is 7.08. The Morgan fingerprint density at radius 3 is 2.44 bits per heavy atom. The first-order chi connectivity index (χ1) is 8.28. The summed E-state index contributed by atoms with van der Waals surface area (Å²) >= 11 is 0. The Balaban J connectivity index is 2.83. The van der Waals surface area contributed by atoms with Crippen molar-refractivity contribution in [2.45, 2.75) is 77.0 Å². The zero-order valence-corrected chi connectivity index (χ0v) is 12.5. The average molecular weight is 255 g/mol. The Hall–Kier alpha value is -0.610. The number of primary amides is 1. The number of rotatable bonds is 5. The van der Waals surface area contributed by atoms with Gasteiger partial charge in [-0.2, -0.15) is 0 Å². The highest BCUT2D eigenvalue weighted by Gasteiger charge is 2.42. The van der Waals surface area contributed by atoms with Crippen molar-refractivity contribution in [3.8, 4) is 0 Å². The average Bonchev–Trinajstić information content (AvgIpc) is 2.27. The molecule has 0 aromatic carbocycles. The van der Waals surface area contributed by atoms with E-state index in [4.69, 9.17) is 5.73 Å². The maximum Gasteiger partial charge on any atom is 0.237 e. The lowest BCUT2D eigenvalue weighted by Gasteiger charge is -2.44. The summed E-state index contributed by atoms with van der Waals surface area (Å²) in [7, 11) is 2.14. The lowest BCUT2D eigenvalue weighted by atomic mass is 9.77. The van der Waals surface area contributed by atoms with Gasteiger partial charge in [-0.15, -0.1) is 0 Å². The number of nitrogens with one attached hydrogen (secondary N) is 1. The van der Waals surface area contributed by atoms with Gasteiger partial charge in [0.1, 0.15) is 0 Å². The number of carbonyl (C=O) groups is 1. The minimum Gasteiger partial charge on any atom is -0.368 e. The van der Waals surface area contributed by atoms with E-state index >= 15 is 0 Å². The van der Waals surface area contributed by atoms with Crippen molar-refractivity contribution in [3.63, 3.8) is 0 Å². The summed E-state index contributed by atoms with van der Waals surface area (Å²) in [5.74, 6) is -0.196. The van der Waals surface area contributed by atoms with E-state index in [1.165, 1.54) is 0 Å². The maximum atomic E-state index is 11.9. The van der Waals surface area contributed by atoms with Crippen molar-refractivity contribution in [1.82, 2.24) is 10.2 Å². The highest BCUT2D eigenvalue weighted by atomic mass is 16.1. The Morgan fingerprint density at radius 1 is 1.39 bits per heavy atom. The van der Waals surface area contributed by atoms with Crippen LogP contribution in [0.3, 0.4) is 0 Å². The summed E-state index contributed by atoms with van der Waals surface area (Å²) in [6, 6.07) is 1.22. The van der Waals surface area contributed by atoms with Gasteiger partial charge in [0.05, 0.1) is 5.54 Å². The molecule has 0 saturated heterocycles. The van der Waals surface area contributed by atoms with Crippen LogP contribution in [-0.2, 0) is 4.79 Å². The van der Waals surface area contributed by atoms with Crippen molar-refractivity contribution >= 4 is 5.91 Å². The van der Waals surface area contributed by atoms with E-state index in [2.05, 4.69) is 45.0 Å². The quantitative estimate of drug-likeness (QED) is 0.782. The molecule has 18 heavy (non-hydrogen) atoms. The van der Waals surface area contributed by atoms with Crippen molar-refractivity contribution in [2.24, 2.45) is 5.73 Å². The molecule has 1 aliphatic rings.